The SMILES string of the molecule is CC(C)c1cccc(C(C)C)c1-c1ccnc(-c2[c-]c(Oc3[c-]c4c(cc3)ccc3c4ncc4oc5ccccc5c43)ccc2)c1.[Pt+2]. The molecule has 8 rings (SSSR count). The number of para-hydroxylation sites is 1. The third-order valence-electron chi connectivity index (χ3n) is 8.76. The molecular weight excluding hydrogens is 760 g/mol. The molecule has 3 aromatic heterocycles. The molecule has 0 amide bonds. The standard InChI is InChI=1S/C42H32N2O2.Pt/c1-25(2)32-12-8-13-33(26(3)4)40(32)29-19-20-43-37(22-29)28-9-7-10-30(21-28)45-31-17-15-27-16-18-35-41-34-11-5-6-14-38(34)46-39(41)24-44-42(35)36(27)23-31;/h5-20,22,24-26H,1-4H3;/q-2;+2. The van der Waals surface area contributed by atoms with Crippen molar-refractivity contribution < 1.29 is 30.2 Å². The van der Waals surface area contributed by atoms with Gasteiger partial charge < -0.3 is 19.1 Å². The van der Waals surface area contributed by atoms with Crippen LogP contribution in [-0.2, 0) is 21.1 Å². The van der Waals surface area contributed by atoms with Crippen LogP contribution in [0.25, 0.3) is 66.0 Å². The molecule has 0 saturated heterocycles. The van der Waals surface area contributed by atoms with E-state index >= 15 is 0 Å². The zero-order chi connectivity index (χ0) is 31.4. The van der Waals surface area contributed by atoms with E-state index in [1.807, 2.05) is 54.7 Å². The number of rotatable bonds is 6. The van der Waals surface area contributed by atoms with E-state index in [-0.39, 0.29) is 21.1 Å². The Kier molecular flexibility index (Phi) is 8.16. The summed E-state index contributed by atoms with van der Waals surface area (Å²) in [6, 6.07) is 40.1. The molecule has 4 nitrogen and oxygen atoms in total. The summed E-state index contributed by atoms with van der Waals surface area (Å²) in [7, 11) is 0. The first-order chi connectivity index (χ1) is 22.4. The molecule has 0 N–H and O–H groups in total. The predicted octanol–water partition coefficient (Wildman–Crippen LogP) is 11.7. The predicted molar refractivity (Wildman–Crippen MR) is 188 cm³/mol. The Bertz CT molecular complexity index is 2400. The summed E-state index contributed by atoms with van der Waals surface area (Å²) in [5.41, 5.74) is 9.38. The minimum Gasteiger partial charge on any atom is -0.497 e. The van der Waals surface area contributed by atoms with Gasteiger partial charge in [-0.15, -0.1) is 46.7 Å². The summed E-state index contributed by atoms with van der Waals surface area (Å²) in [4.78, 5) is 9.54. The van der Waals surface area contributed by atoms with Crippen LogP contribution in [0.5, 0.6) is 11.5 Å². The van der Waals surface area contributed by atoms with Crippen molar-refractivity contribution in [2.75, 3.05) is 0 Å². The summed E-state index contributed by atoms with van der Waals surface area (Å²) in [5.74, 6) is 2.01. The zero-order valence-electron chi connectivity index (χ0n) is 26.6. The molecule has 0 spiro atoms. The fourth-order valence-electron chi connectivity index (χ4n) is 6.55. The van der Waals surface area contributed by atoms with Gasteiger partial charge in [-0.3, -0.25) is 0 Å². The summed E-state index contributed by atoms with van der Waals surface area (Å²) < 4.78 is 12.5. The van der Waals surface area contributed by atoms with Crippen molar-refractivity contribution in [3.8, 4) is 33.9 Å². The quantitative estimate of drug-likeness (QED) is 0.124. The molecular formula is C42H32N2O2Pt. The number of furan rings is 1. The second-order valence-electron chi connectivity index (χ2n) is 12.4. The Morgan fingerprint density at radius 3 is 2.23 bits per heavy atom. The van der Waals surface area contributed by atoms with Crippen LogP contribution >= 0.6 is 0 Å². The van der Waals surface area contributed by atoms with Crippen molar-refractivity contribution in [1.82, 2.24) is 9.97 Å². The van der Waals surface area contributed by atoms with Crippen molar-refractivity contribution in [3.63, 3.8) is 0 Å². The van der Waals surface area contributed by atoms with E-state index in [0.29, 0.717) is 23.3 Å². The molecule has 0 bridgehead atoms. The first kappa shape index (κ1) is 30.8. The minimum absolute atomic E-state index is 0. The molecule has 5 aromatic carbocycles. The molecule has 0 radical (unpaired) electrons. The molecule has 0 fully saturated rings. The molecule has 232 valence electrons. The van der Waals surface area contributed by atoms with E-state index in [2.05, 4.69) is 88.4 Å². The molecule has 47 heavy (non-hydrogen) atoms. The maximum atomic E-state index is 6.37. The summed E-state index contributed by atoms with van der Waals surface area (Å²) in [6.45, 7) is 9.01. The molecule has 0 unspecified atom stereocenters. The number of fused-ring (bicyclic) bond motifs is 7. The van der Waals surface area contributed by atoms with Gasteiger partial charge in [-0.2, -0.15) is 0 Å². The van der Waals surface area contributed by atoms with Crippen LogP contribution in [0.3, 0.4) is 0 Å². The van der Waals surface area contributed by atoms with Gasteiger partial charge in [0.15, 0.2) is 5.58 Å². The normalized spacial score (nSPS) is 11.6. The van der Waals surface area contributed by atoms with Crippen molar-refractivity contribution in [2.45, 2.75) is 39.5 Å². The summed E-state index contributed by atoms with van der Waals surface area (Å²) in [6.07, 6.45) is 3.70. The molecule has 0 atom stereocenters. The average molecular weight is 792 g/mol. The molecule has 3 heterocycles. The van der Waals surface area contributed by atoms with Gasteiger partial charge >= 0.3 is 21.1 Å². The number of pyridine rings is 2. The molecule has 0 saturated carbocycles. The Hall–Kier alpha value is -4.79. The van der Waals surface area contributed by atoms with E-state index in [1.165, 1.54) is 22.3 Å². The van der Waals surface area contributed by atoms with Gasteiger partial charge in [-0.1, -0.05) is 94.4 Å². The largest absolute Gasteiger partial charge is 2.00 e. The third kappa shape index (κ3) is 5.51. The molecule has 0 aliphatic rings. The minimum atomic E-state index is 0. The van der Waals surface area contributed by atoms with Crippen LogP contribution in [0, 0.1) is 12.1 Å². The molecule has 5 heteroatoms. The fraction of sp³-hybridized carbons (Fsp3) is 0.143. The summed E-state index contributed by atoms with van der Waals surface area (Å²) in [5, 5.41) is 5.11. The maximum absolute atomic E-state index is 6.37. The van der Waals surface area contributed by atoms with Crippen molar-refractivity contribution in [2.24, 2.45) is 0 Å². The van der Waals surface area contributed by atoms with Crippen LogP contribution in [0.1, 0.15) is 50.7 Å². The average Bonchev–Trinajstić information content (AvgIpc) is 3.47. The van der Waals surface area contributed by atoms with Gasteiger partial charge in [-0.25, -0.2) is 0 Å². The molecule has 8 aromatic rings. The monoisotopic (exact) mass is 791 g/mol. The van der Waals surface area contributed by atoms with Crippen molar-refractivity contribution >= 4 is 43.6 Å². The number of aromatic nitrogens is 2. The van der Waals surface area contributed by atoms with E-state index < -0.39 is 0 Å². The van der Waals surface area contributed by atoms with Gasteiger partial charge in [0, 0.05) is 28.5 Å². The number of benzene rings is 5. The van der Waals surface area contributed by atoms with E-state index in [4.69, 9.17) is 19.1 Å². The topological polar surface area (TPSA) is 48.2 Å². The van der Waals surface area contributed by atoms with Crippen molar-refractivity contribution in [3.05, 3.63) is 133 Å². The first-order valence-electron chi connectivity index (χ1n) is 15.8. The van der Waals surface area contributed by atoms with Gasteiger partial charge in [0.25, 0.3) is 0 Å². The van der Waals surface area contributed by atoms with Crippen LogP contribution in [0.4, 0.5) is 0 Å². The van der Waals surface area contributed by atoms with Gasteiger partial charge in [-0.05, 0) is 62.8 Å². The first-order valence-corrected chi connectivity index (χ1v) is 15.8. The van der Waals surface area contributed by atoms with Crippen LogP contribution in [0.15, 0.2) is 114 Å². The van der Waals surface area contributed by atoms with Gasteiger partial charge in [0.05, 0.1) is 6.20 Å². The number of ether oxygens (including phenoxy) is 1. The van der Waals surface area contributed by atoms with Gasteiger partial charge in [0.2, 0.25) is 0 Å². The number of hydrogen-bond donors (Lipinski definition) is 0. The van der Waals surface area contributed by atoms with Crippen LogP contribution in [0.2, 0.25) is 0 Å². The Balaban J connectivity index is 0.00000351. The fourth-order valence-corrected chi connectivity index (χ4v) is 6.55. The van der Waals surface area contributed by atoms with E-state index in [0.717, 1.165) is 54.9 Å². The number of nitrogens with zero attached hydrogens (tertiary/aromatic N) is 2. The number of hydrogen-bond acceptors (Lipinski definition) is 4. The Morgan fingerprint density at radius 1 is 0.681 bits per heavy atom. The second kappa shape index (κ2) is 12.4. The van der Waals surface area contributed by atoms with Crippen molar-refractivity contribution in [1.29, 1.82) is 0 Å². The van der Waals surface area contributed by atoms with E-state index in [9.17, 15) is 0 Å². The Morgan fingerprint density at radius 2 is 1.43 bits per heavy atom. The molecule has 0 aliphatic heterocycles. The van der Waals surface area contributed by atoms with Crippen LogP contribution < -0.4 is 4.74 Å². The third-order valence-corrected chi connectivity index (χ3v) is 8.76. The second-order valence-corrected chi connectivity index (χ2v) is 12.4. The smallest absolute Gasteiger partial charge is 0.497 e. The maximum Gasteiger partial charge on any atom is 2.00 e. The van der Waals surface area contributed by atoms with Crippen LogP contribution in [-0.4, -0.2) is 9.97 Å². The molecule has 0 aliphatic carbocycles. The van der Waals surface area contributed by atoms with E-state index in [1.54, 1.807) is 6.20 Å². The Labute approximate surface area is 288 Å². The zero-order valence-corrected chi connectivity index (χ0v) is 28.8. The van der Waals surface area contributed by atoms with Gasteiger partial charge in [0.1, 0.15) is 5.58 Å². The summed E-state index contributed by atoms with van der Waals surface area (Å²) >= 11 is 0.